The molecular weight excluding hydrogens is 134 g/mol. The van der Waals surface area contributed by atoms with Gasteiger partial charge < -0.3 is 5.11 Å². The van der Waals surface area contributed by atoms with E-state index in [1.807, 2.05) is 0 Å². The number of imide groups is 1. The van der Waals surface area contributed by atoms with Gasteiger partial charge in [-0.2, -0.15) is 0 Å². The third-order valence-electron chi connectivity index (χ3n) is 1.69. The van der Waals surface area contributed by atoms with Gasteiger partial charge in [0.05, 0.1) is 0 Å². The summed E-state index contributed by atoms with van der Waals surface area (Å²) < 4.78 is 0. The molecule has 1 rings (SSSR count). The van der Waals surface area contributed by atoms with Gasteiger partial charge in [-0.15, -0.1) is 0 Å². The number of nitrogens with zero attached hydrogens (tertiary/aromatic N) is 1. The third kappa shape index (κ3) is 0.964. The Kier molecular flexibility index (Phi) is 1.61. The highest BCUT2D eigenvalue weighted by Crippen LogP contribution is 2.17. The molecule has 0 aromatic heterocycles. The Morgan fingerprint density at radius 3 is 2.60 bits per heavy atom. The van der Waals surface area contributed by atoms with Crippen molar-refractivity contribution in [3.8, 4) is 0 Å². The van der Waals surface area contributed by atoms with Gasteiger partial charge in [-0.25, -0.2) is 9.69 Å². The first-order valence-electron chi connectivity index (χ1n) is 3.18. The van der Waals surface area contributed by atoms with Crippen molar-refractivity contribution in [1.29, 1.82) is 0 Å². The average Bonchev–Trinajstić information content (AvgIpc) is 2.11. The summed E-state index contributed by atoms with van der Waals surface area (Å²) in [5, 5.41) is 8.46. The average molecular weight is 143 g/mol. The first-order valence-corrected chi connectivity index (χ1v) is 3.18. The Bertz CT molecular complexity index is 178. The Morgan fingerprint density at radius 2 is 2.40 bits per heavy atom. The first kappa shape index (κ1) is 7.05. The monoisotopic (exact) mass is 143 g/mol. The van der Waals surface area contributed by atoms with Crippen molar-refractivity contribution in [3.05, 3.63) is 0 Å². The molecule has 0 radical (unpaired) electrons. The summed E-state index contributed by atoms with van der Waals surface area (Å²) in [4.78, 5) is 22.0. The highest BCUT2D eigenvalue weighted by molar-refractivity contribution is 5.93. The maximum atomic E-state index is 10.8. The largest absolute Gasteiger partial charge is 0.465 e. The molecule has 0 aliphatic carbocycles. The Hall–Kier alpha value is -1.06. The van der Waals surface area contributed by atoms with Crippen molar-refractivity contribution >= 4 is 12.0 Å². The van der Waals surface area contributed by atoms with Crippen LogP contribution in [0.1, 0.15) is 19.8 Å². The quantitative estimate of drug-likeness (QED) is 0.542. The van der Waals surface area contributed by atoms with Gasteiger partial charge in [0.25, 0.3) is 0 Å². The molecule has 56 valence electrons. The minimum atomic E-state index is -1.13. The van der Waals surface area contributed by atoms with Gasteiger partial charge in [0.15, 0.2) is 0 Å². The van der Waals surface area contributed by atoms with Crippen LogP contribution in [0.4, 0.5) is 4.79 Å². The number of hydrogen-bond acceptors (Lipinski definition) is 2. The van der Waals surface area contributed by atoms with Gasteiger partial charge in [-0.05, 0) is 13.3 Å². The molecule has 0 aromatic carbocycles. The fourth-order valence-corrected chi connectivity index (χ4v) is 1.12. The van der Waals surface area contributed by atoms with Crippen LogP contribution in [0.2, 0.25) is 0 Å². The third-order valence-corrected chi connectivity index (χ3v) is 1.69. The number of carboxylic acid groups (broad SMARTS) is 1. The number of hydrogen-bond donors (Lipinski definition) is 1. The molecule has 4 nitrogen and oxygen atoms in total. The van der Waals surface area contributed by atoms with Gasteiger partial charge in [-0.3, -0.25) is 4.79 Å². The lowest BCUT2D eigenvalue weighted by Crippen LogP contribution is -2.35. The normalized spacial score (nSPS) is 25.5. The summed E-state index contributed by atoms with van der Waals surface area (Å²) in [7, 11) is 0. The van der Waals surface area contributed by atoms with E-state index in [-0.39, 0.29) is 11.9 Å². The minimum Gasteiger partial charge on any atom is -0.465 e. The fourth-order valence-electron chi connectivity index (χ4n) is 1.12. The number of carbonyl (C=O) groups is 2. The van der Waals surface area contributed by atoms with Gasteiger partial charge in [0.2, 0.25) is 5.91 Å². The molecule has 0 unspecified atom stereocenters. The van der Waals surface area contributed by atoms with Crippen LogP contribution >= 0.6 is 0 Å². The van der Waals surface area contributed by atoms with E-state index < -0.39 is 6.09 Å². The van der Waals surface area contributed by atoms with E-state index in [9.17, 15) is 9.59 Å². The van der Waals surface area contributed by atoms with E-state index in [1.54, 1.807) is 6.92 Å². The molecule has 0 saturated carbocycles. The van der Waals surface area contributed by atoms with Crippen molar-refractivity contribution in [2.75, 3.05) is 0 Å². The van der Waals surface area contributed by atoms with E-state index in [0.29, 0.717) is 12.8 Å². The predicted molar refractivity (Wildman–Crippen MR) is 33.6 cm³/mol. The van der Waals surface area contributed by atoms with Crippen LogP contribution in [0.25, 0.3) is 0 Å². The Morgan fingerprint density at radius 1 is 1.80 bits per heavy atom. The van der Waals surface area contributed by atoms with Crippen LogP contribution in [0.5, 0.6) is 0 Å². The van der Waals surface area contributed by atoms with Gasteiger partial charge >= 0.3 is 6.09 Å². The SMILES string of the molecule is C[C@H]1CCC(=O)N1C(=O)O. The van der Waals surface area contributed by atoms with Crippen LogP contribution in [-0.2, 0) is 4.79 Å². The number of likely N-dealkylation sites (tertiary alicyclic amines) is 1. The molecule has 4 heteroatoms. The number of amides is 2. The molecule has 1 heterocycles. The van der Waals surface area contributed by atoms with Gasteiger partial charge in [0, 0.05) is 12.5 Å². The first-order chi connectivity index (χ1) is 4.63. The smallest absolute Gasteiger partial charge is 0.414 e. The molecule has 1 atom stereocenters. The zero-order chi connectivity index (χ0) is 7.72. The van der Waals surface area contributed by atoms with E-state index in [4.69, 9.17) is 5.11 Å². The van der Waals surface area contributed by atoms with Crippen LogP contribution in [0.15, 0.2) is 0 Å². The van der Waals surface area contributed by atoms with E-state index in [2.05, 4.69) is 0 Å². The highest BCUT2D eigenvalue weighted by Gasteiger charge is 2.32. The molecule has 1 aliphatic rings. The lowest BCUT2D eigenvalue weighted by Gasteiger charge is -2.13. The second-order valence-corrected chi connectivity index (χ2v) is 2.43. The molecule has 2 amide bonds. The zero-order valence-electron chi connectivity index (χ0n) is 5.70. The van der Waals surface area contributed by atoms with Crippen molar-refractivity contribution in [2.24, 2.45) is 0 Å². The standard InChI is InChI=1S/C6H9NO3/c1-4-2-3-5(8)7(4)6(9)10/h4H,2-3H2,1H3,(H,9,10)/t4-/m0/s1. The van der Waals surface area contributed by atoms with Crippen molar-refractivity contribution in [3.63, 3.8) is 0 Å². The van der Waals surface area contributed by atoms with E-state index >= 15 is 0 Å². The van der Waals surface area contributed by atoms with E-state index in [0.717, 1.165) is 4.90 Å². The maximum Gasteiger partial charge on any atom is 0.414 e. The minimum absolute atomic E-state index is 0.134. The summed E-state index contributed by atoms with van der Waals surface area (Å²) >= 11 is 0. The maximum absolute atomic E-state index is 10.8. The van der Waals surface area contributed by atoms with Crippen molar-refractivity contribution < 1.29 is 14.7 Å². The van der Waals surface area contributed by atoms with Crippen LogP contribution in [0, 0.1) is 0 Å². The predicted octanol–water partition coefficient (Wildman–Crippen LogP) is 0.675. The van der Waals surface area contributed by atoms with Crippen molar-refractivity contribution in [2.45, 2.75) is 25.8 Å². The second-order valence-electron chi connectivity index (χ2n) is 2.43. The molecule has 0 bridgehead atoms. The molecule has 1 N–H and O–H groups in total. The molecule has 1 aliphatic heterocycles. The summed E-state index contributed by atoms with van der Waals surface area (Å²) in [5.74, 6) is -0.278. The van der Waals surface area contributed by atoms with Crippen LogP contribution in [-0.4, -0.2) is 28.0 Å². The molecule has 0 spiro atoms. The number of carbonyl (C=O) groups excluding carboxylic acids is 1. The summed E-state index contributed by atoms with van der Waals surface area (Å²) in [6, 6.07) is -0.134. The fraction of sp³-hybridized carbons (Fsp3) is 0.667. The lowest BCUT2D eigenvalue weighted by molar-refractivity contribution is -0.126. The number of rotatable bonds is 0. The molecule has 0 aromatic rings. The molecule has 1 fully saturated rings. The highest BCUT2D eigenvalue weighted by atomic mass is 16.4. The lowest BCUT2D eigenvalue weighted by atomic mass is 10.2. The zero-order valence-corrected chi connectivity index (χ0v) is 5.70. The Labute approximate surface area is 58.4 Å². The second kappa shape index (κ2) is 2.28. The van der Waals surface area contributed by atoms with Gasteiger partial charge in [0.1, 0.15) is 0 Å². The van der Waals surface area contributed by atoms with Crippen LogP contribution in [0.3, 0.4) is 0 Å². The summed E-state index contributed by atoms with van der Waals surface area (Å²) in [6.45, 7) is 1.74. The topological polar surface area (TPSA) is 57.6 Å². The summed E-state index contributed by atoms with van der Waals surface area (Å²) in [6.07, 6.45) is -0.103. The van der Waals surface area contributed by atoms with Crippen molar-refractivity contribution in [1.82, 2.24) is 4.90 Å². The molecule has 10 heavy (non-hydrogen) atoms. The molecule has 1 saturated heterocycles. The Balaban J connectivity index is 2.72. The summed E-state index contributed by atoms with van der Waals surface area (Å²) in [5.41, 5.74) is 0. The van der Waals surface area contributed by atoms with E-state index in [1.165, 1.54) is 0 Å². The van der Waals surface area contributed by atoms with Crippen LogP contribution < -0.4 is 0 Å². The van der Waals surface area contributed by atoms with Gasteiger partial charge in [-0.1, -0.05) is 0 Å². The molecular formula is C6H9NO3.